The lowest BCUT2D eigenvalue weighted by molar-refractivity contribution is -0.112. The molecule has 0 saturated heterocycles. The number of carbonyl (C=O) groups excluding carboxylic acids is 2. The molecule has 0 aliphatic heterocycles. The van der Waals surface area contributed by atoms with E-state index in [0.717, 1.165) is 11.1 Å². The van der Waals surface area contributed by atoms with Gasteiger partial charge in [-0.15, -0.1) is 0 Å². The normalized spacial score (nSPS) is 15.5. The van der Waals surface area contributed by atoms with Crippen LogP contribution in [-0.2, 0) is 11.3 Å². The van der Waals surface area contributed by atoms with E-state index in [2.05, 4.69) is 24.1 Å². The van der Waals surface area contributed by atoms with Crippen molar-refractivity contribution in [2.24, 2.45) is 16.8 Å². The van der Waals surface area contributed by atoms with Gasteiger partial charge in [-0.05, 0) is 23.5 Å². The Hall–Kier alpha value is -2.92. The maximum absolute atomic E-state index is 12.7. The maximum Gasteiger partial charge on any atom is 0.233 e. The summed E-state index contributed by atoms with van der Waals surface area (Å²) in [4.78, 5) is 34.1. The average Bonchev–Trinajstić information content (AvgIpc) is 2.71. The Morgan fingerprint density at radius 2 is 1.72 bits per heavy atom. The summed E-state index contributed by atoms with van der Waals surface area (Å²) in [5.74, 6) is -0.684. The molecule has 3 rings (SSSR count). The highest BCUT2D eigenvalue weighted by Crippen LogP contribution is 2.33. The number of rotatable bonds is 7. The van der Waals surface area contributed by atoms with Gasteiger partial charge in [-0.2, -0.15) is 0 Å². The van der Waals surface area contributed by atoms with E-state index in [9.17, 15) is 9.59 Å². The lowest BCUT2D eigenvalue weighted by Crippen LogP contribution is -2.35. The molecule has 0 spiro atoms. The average molecular weight is 389 g/mol. The fourth-order valence-electron chi connectivity index (χ4n) is 3.41. The van der Waals surface area contributed by atoms with Crippen molar-refractivity contribution in [2.75, 3.05) is 0 Å². The number of allylic oxidation sites excluding steroid dienone is 1. The number of hydrogen-bond donors (Lipinski definition) is 1. The summed E-state index contributed by atoms with van der Waals surface area (Å²) in [5, 5.41) is 3.50. The monoisotopic (exact) mass is 389 g/mol. The zero-order chi connectivity index (χ0) is 21.0. The number of benzene rings is 1. The van der Waals surface area contributed by atoms with Gasteiger partial charge in [-0.1, -0.05) is 58.0 Å². The molecule has 0 radical (unpaired) electrons. The number of ketones is 2. The summed E-state index contributed by atoms with van der Waals surface area (Å²) in [6, 6.07) is 11.2. The molecule has 1 atom stereocenters. The number of carbonyl (C=O) groups is 2. The molecule has 1 unspecified atom stereocenters. The van der Waals surface area contributed by atoms with Crippen molar-refractivity contribution in [1.82, 2.24) is 10.3 Å². The van der Waals surface area contributed by atoms with E-state index in [4.69, 9.17) is 4.99 Å². The minimum absolute atomic E-state index is 0.0102. The van der Waals surface area contributed by atoms with Crippen LogP contribution in [0.4, 0.5) is 0 Å². The predicted octanol–water partition coefficient (Wildman–Crippen LogP) is 4.10. The molecule has 1 aromatic carbocycles. The van der Waals surface area contributed by atoms with Gasteiger partial charge in [0.05, 0.1) is 5.70 Å². The lowest BCUT2D eigenvalue weighted by atomic mass is 9.83. The van der Waals surface area contributed by atoms with E-state index in [0.29, 0.717) is 29.3 Å². The molecular weight excluding hydrogens is 362 g/mol. The Labute approximate surface area is 172 Å². The first-order chi connectivity index (χ1) is 13.9. The quantitative estimate of drug-likeness (QED) is 0.572. The van der Waals surface area contributed by atoms with Crippen LogP contribution in [0.15, 0.2) is 59.4 Å². The number of pyridine rings is 1. The van der Waals surface area contributed by atoms with E-state index < -0.39 is 11.6 Å². The van der Waals surface area contributed by atoms with Crippen molar-refractivity contribution in [3.8, 4) is 0 Å². The smallest absolute Gasteiger partial charge is 0.233 e. The van der Waals surface area contributed by atoms with Crippen molar-refractivity contribution in [3.63, 3.8) is 0 Å². The van der Waals surface area contributed by atoms with Gasteiger partial charge >= 0.3 is 0 Å². The van der Waals surface area contributed by atoms with Gasteiger partial charge in [0.1, 0.15) is 0 Å². The van der Waals surface area contributed by atoms with Crippen LogP contribution in [0.5, 0.6) is 0 Å². The summed E-state index contributed by atoms with van der Waals surface area (Å²) < 4.78 is 0. The van der Waals surface area contributed by atoms with Gasteiger partial charge in [0.2, 0.25) is 11.6 Å². The van der Waals surface area contributed by atoms with Crippen LogP contribution in [0.2, 0.25) is 0 Å². The van der Waals surface area contributed by atoms with Crippen LogP contribution in [0.3, 0.4) is 0 Å². The van der Waals surface area contributed by atoms with Crippen LogP contribution >= 0.6 is 0 Å². The third kappa shape index (κ3) is 4.57. The van der Waals surface area contributed by atoms with Crippen molar-refractivity contribution in [2.45, 2.75) is 40.3 Å². The Bertz CT molecular complexity index is 959. The fraction of sp³-hybridized carbons (Fsp3) is 0.333. The highest BCUT2D eigenvalue weighted by molar-refractivity contribution is 6.52. The van der Waals surface area contributed by atoms with E-state index in [1.807, 2.05) is 50.5 Å². The summed E-state index contributed by atoms with van der Waals surface area (Å²) in [6.07, 6.45) is 5.45. The molecular formula is C24H27N3O2. The van der Waals surface area contributed by atoms with E-state index in [1.54, 1.807) is 18.3 Å². The first kappa shape index (κ1) is 20.8. The third-order valence-corrected chi connectivity index (χ3v) is 5.06. The number of aliphatic imine (C=N–C) groups is 1. The minimum atomic E-state index is -0.449. The molecule has 1 N–H and O–H groups in total. The maximum atomic E-state index is 12.7. The van der Waals surface area contributed by atoms with E-state index >= 15 is 0 Å². The molecule has 150 valence electrons. The SMILES string of the molecule is CC(C)C1=C(N=CC(NCc2cccnc2)C(C)C)c2ccccc2C(=O)C1=O. The first-order valence-electron chi connectivity index (χ1n) is 9.99. The number of nitrogens with one attached hydrogen (secondary N) is 1. The highest BCUT2D eigenvalue weighted by atomic mass is 16.2. The topological polar surface area (TPSA) is 71.4 Å². The second kappa shape index (κ2) is 9.05. The third-order valence-electron chi connectivity index (χ3n) is 5.06. The Morgan fingerprint density at radius 3 is 2.34 bits per heavy atom. The molecule has 1 heterocycles. The first-order valence-corrected chi connectivity index (χ1v) is 9.99. The lowest BCUT2D eigenvalue weighted by Gasteiger charge is -2.23. The fourth-order valence-corrected chi connectivity index (χ4v) is 3.41. The molecule has 0 fully saturated rings. The molecule has 1 aliphatic carbocycles. The summed E-state index contributed by atoms with van der Waals surface area (Å²) >= 11 is 0. The van der Waals surface area contributed by atoms with Crippen molar-refractivity contribution in [1.29, 1.82) is 0 Å². The van der Waals surface area contributed by atoms with Crippen molar-refractivity contribution in [3.05, 3.63) is 71.1 Å². The molecule has 29 heavy (non-hydrogen) atoms. The van der Waals surface area contributed by atoms with Crippen LogP contribution in [0.25, 0.3) is 5.70 Å². The molecule has 0 saturated carbocycles. The summed E-state index contributed by atoms with van der Waals surface area (Å²) in [6.45, 7) is 8.75. The molecule has 5 heteroatoms. The van der Waals surface area contributed by atoms with E-state index in [-0.39, 0.29) is 12.0 Å². The van der Waals surface area contributed by atoms with Crippen molar-refractivity contribution < 1.29 is 9.59 Å². The number of Topliss-reactive ketones (excluding diaryl/α,β-unsaturated/α-hetero) is 2. The van der Waals surface area contributed by atoms with Crippen LogP contribution in [0, 0.1) is 11.8 Å². The largest absolute Gasteiger partial charge is 0.305 e. The summed E-state index contributed by atoms with van der Waals surface area (Å²) in [5.41, 5.74) is 3.34. The van der Waals surface area contributed by atoms with Gasteiger partial charge in [-0.25, -0.2) is 0 Å². The zero-order valence-corrected chi connectivity index (χ0v) is 17.3. The van der Waals surface area contributed by atoms with Crippen LogP contribution in [0.1, 0.15) is 49.2 Å². The van der Waals surface area contributed by atoms with Crippen LogP contribution < -0.4 is 5.32 Å². The number of aromatic nitrogens is 1. The van der Waals surface area contributed by atoms with Gasteiger partial charge in [0, 0.05) is 47.9 Å². The number of hydrogen-bond acceptors (Lipinski definition) is 5. The zero-order valence-electron chi connectivity index (χ0n) is 17.3. The van der Waals surface area contributed by atoms with E-state index in [1.165, 1.54) is 0 Å². The summed E-state index contributed by atoms with van der Waals surface area (Å²) in [7, 11) is 0. The highest BCUT2D eigenvalue weighted by Gasteiger charge is 2.33. The Balaban J connectivity index is 1.94. The molecule has 5 nitrogen and oxygen atoms in total. The Morgan fingerprint density at radius 1 is 1.00 bits per heavy atom. The van der Waals surface area contributed by atoms with Gasteiger partial charge in [-0.3, -0.25) is 19.6 Å². The van der Waals surface area contributed by atoms with Crippen molar-refractivity contribution >= 4 is 23.5 Å². The van der Waals surface area contributed by atoms with Gasteiger partial charge < -0.3 is 5.32 Å². The molecule has 0 amide bonds. The second-order valence-corrected chi connectivity index (χ2v) is 7.91. The molecule has 2 aromatic rings. The molecule has 1 aromatic heterocycles. The number of nitrogens with zero attached hydrogens (tertiary/aromatic N) is 2. The standard InChI is InChI=1S/C24H27N3O2/c1-15(2)20(26-13-17-8-7-11-25-12-17)14-27-22-18-9-5-6-10-19(18)23(28)24(29)21(22)16(3)4/h5-12,14-16,20,26H,13H2,1-4H3. The second-order valence-electron chi connectivity index (χ2n) is 7.91. The number of fused-ring (bicyclic) bond motifs is 1. The molecule has 0 bridgehead atoms. The predicted molar refractivity (Wildman–Crippen MR) is 116 cm³/mol. The molecule has 1 aliphatic rings. The minimum Gasteiger partial charge on any atom is -0.305 e. The van der Waals surface area contributed by atoms with Gasteiger partial charge in [0.15, 0.2) is 0 Å². The van der Waals surface area contributed by atoms with Gasteiger partial charge in [0.25, 0.3) is 0 Å². The van der Waals surface area contributed by atoms with Crippen LogP contribution in [-0.4, -0.2) is 28.8 Å². The Kier molecular flexibility index (Phi) is 6.49.